The van der Waals surface area contributed by atoms with E-state index in [4.69, 9.17) is 4.42 Å². The lowest BCUT2D eigenvalue weighted by molar-refractivity contribution is -0.123. The van der Waals surface area contributed by atoms with Gasteiger partial charge in [-0.1, -0.05) is 29.8 Å². The summed E-state index contributed by atoms with van der Waals surface area (Å²) in [6.45, 7) is 1.31. The van der Waals surface area contributed by atoms with Gasteiger partial charge in [0, 0.05) is 28.1 Å². The number of nitrogens with one attached hydrogen (secondary N) is 1. The van der Waals surface area contributed by atoms with Crippen molar-refractivity contribution in [1.82, 2.24) is 0 Å². The van der Waals surface area contributed by atoms with Gasteiger partial charge in [-0.3, -0.25) is 24.1 Å². The Hall–Kier alpha value is -4.82. The largest absolute Gasteiger partial charge is 0.463 e. The summed E-state index contributed by atoms with van der Waals surface area (Å²) in [5.74, 6) is -2.61. The first-order valence-corrected chi connectivity index (χ1v) is 14.1. The number of benzene rings is 2. The molecule has 1 fully saturated rings. The number of furan rings is 1. The molecule has 1 aliphatic heterocycles. The molecule has 7 rings (SSSR count). The summed E-state index contributed by atoms with van der Waals surface area (Å²) in [5, 5.41) is 12.9. The summed E-state index contributed by atoms with van der Waals surface area (Å²) in [6, 6.07) is 20.2. The van der Waals surface area contributed by atoms with Gasteiger partial charge >= 0.3 is 0 Å². The minimum Gasteiger partial charge on any atom is -0.463 e. The predicted octanol–water partition coefficient (Wildman–Crippen LogP) is 5.15. The highest BCUT2D eigenvalue weighted by Crippen LogP contribution is 2.55. The molecule has 4 atom stereocenters. The Morgan fingerprint density at radius 2 is 1.64 bits per heavy atom. The van der Waals surface area contributed by atoms with Crippen LogP contribution < -0.4 is 10.2 Å². The van der Waals surface area contributed by atoms with Crippen LogP contribution in [0.2, 0.25) is 0 Å². The number of aliphatic hydroxyl groups excluding tert-OH is 1. The molecule has 4 unspecified atom stereocenters. The van der Waals surface area contributed by atoms with Crippen LogP contribution in [0.1, 0.15) is 37.2 Å². The van der Waals surface area contributed by atoms with Crippen LogP contribution >= 0.6 is 0 Å². The number of para-hydroxylation sites is 1. The fourth-order valence-electron chi connectivity index (χ4n) is 6.98. The van der Waals surface area contributed by atoms with E-state index in [1.165, 1.54) is 11.0 Å². The number of imide groups is 1. The molecule has 2 heterocycles. The molecule has 0 radical (unpaired) electrons. The smallest absolute Gasteiger partial charge is 0.238 e. The molecule has 0 saturated carbocycles. The number of carbonyl (C=O) groups is 4. The molecule has 1 aromatic heterocycles. The highest BCUT2D eigenvalue weighted by Gasteiger charge is 2.57. The van der Waals surface area contributed by atoms with E-state index in [2.05, 4.69) is 5.32 Å². The van der Waals surface area contributed by atoms with E-state index < -0.39 is 23.7 Å². The zero-order valence-electron chi connectivity index (χ0n) is 22.9. The second kappa shape index (κ2) is 9.92. The summed E-state index contributed by atoms with van der Waals surface area (Å²) in [6.07, 6.45) is 3.86. The first-order chi connectivity index (χ1) is 20.4. The van der Waals surface area contributed by atoms with E-state index >= 15 is 0 Å². The van der Waals surface area contributed by atoms with Gasteiger partial charge in [0.2, 0.25) is 11.8 Å². The molecule has 210 valence electrons. The molecule has 42 heavy (non-hydrogen) atoms. The highest BCUT2D eigenvalue weighted by atomic mass is 16.4. The third kappa shape index (κ3) is 4.01. The van der Waals surface area contributed by atoms with Gasteiger partial charge in [-0.05, 0) is 80.3 Å². The van der Waals surface area contributed by atoms with Crippen molar-refractivity contribution in [2.24, 2.45) is 17.8 Å². The SMILES string of the molecule is CC1=CC(=O)C2=C(CC3C(=CCC4C(=O)N(c5ccc(Nc6ccccc6)cc5)C(=O)C43)C2c2ccc(CO)o2)C1=O. The molecule has 8 heteroatoms. The Bertz CT molecular complexity index is 1740. The van der Waals surface area contributed by atoms with Gasteiger partial charge in [-0.25, -0.2) is 0 Å². The van der Waals surface area contributed by atoms with Crippen LogP contribution in [0.3, 0.4) is 0 Å². The molecular weight excluding hydrogens is 532 g/mol. The van der Waals surface area contributed by atoms with E-state index in [9.17, 15) is 24.3 Å². The maximum atomic E-state index is 14.1. The normalized spacial score (nSPS) is 25.1. The quantitative estimate of drug-likeness (QED) is 0.252. The highest BCUT2D eigenvalue weighted by molar-refractivity contribution is 6.25. The summed E-state index contributed by atoms with van der Waals surface area (Å²) in [5.41, 5.74) is 4.15. The first kappa shape index (κ1) is 26.1. The van der Waals surface area contributed by atoms with Gasteiger partial charge in [-0.15, -0.1) is 0 Å². The number of anilines is 3. The molecule has 1 saturated heterocycles. The summed E-state index contributed by atoms with van der Waals surface area (Å²) in [7, 11) is 0. The van der Waals surface area contributed by atoms with Crippen LogP contribution in [0.4, 0.5) is 17.1 Å². The lowest BCUT2D eigenvalue weighted by Gasteiger charge is -2.41. The molecular formula is C34H28N2O6. The first-order valence-electron chi connectivity index (χ1n) is 14.1. The molecule has 2 amide bonds. The molecule has 8 nitrogen and oxygen atoms in total. The lowest BCUT2D eigenvalue weighted by atomic mass is 9.60. The number of hydrogen-bond acceptors (Lipinski definition) is 7. The summed E-state index contributed by atoms with van der Waals surface area (Å²) >= 11 is 0. The molecule has 3 aliphatic carbocycles. The van der Waals surface area contributed by atoms with Crippen LogP contribution in [0.25, 0.3) is 0 Å². The van der Waals surface area contributed by atoms with Gasteiger partial charge in [0.05, 0.1) is 23.4 Å². The Morgan fingerprint density at radius 1 is 0.905 bits per heavy atom. The van der Waals surface area contributed by atoms with Gasteiger partial charge < -0.3 is 14.8 Å². The average molecular weight is 561 g/mol. The number of fused-ring (bicyclic) bond motifs is 3. The second-order valence-electron chi connectivity index (χ2n) is 11.2. The minimum absolute atomic E-state index is 0.203. The molecule has 4 aliphatic rings. The number of carbonyl (C=O) groups excluding carboxylic acids is 4. The van der Waals surface area contributed by atoms with Crippen molar-refractivity contribution in [1.29, 1.82) is 0 Å². The van der Waals surface area contributed by atoms with Crippen molar-refractivity contribution in [3.05, 3.63) is 113 Å². The number of nitrogens with zero attached hydrogens (tertiary/aromatic N) is 1. The van der Waals surface area contributed by atoms with Gasteiger partial charge in [0.1, 0.15) is 18.1 Å². The zero-order chi connectivity index (χ0) is 29.1. The standard InChI is InChI=1S/C34H28N2O6/c1-18-15-27(38)30-26(32(18)39)16-25-23(31(30)28-14-11-22(17-37)42-28)12-13-24-29(25)34(41)36(33(24)40)21-9-7-20(8-10-21)35-19-5-3-2-4-6-19/h2-12,14-15,24-25,29,31,35,37H,13,16-17H2,1H3. The van der Waals surface area contributed by atoms with Crippen LogP contribution in [-0.4, -0.2) is 28.5 Å². The minimum atomic E-state index is -0.669. The third-order valence-electron chi connectivity index (χ3n) is 8.87. The molecule has 0 bridgehead atoms. The molecule has 3 aromatic rings. The van der Waals surface area contributed by atoms with Crippen LogP contribution in [-0.2, 0) is 25.8 Å². The van der Waals surface area contributed by atoms with Crippen molar-refractivity contribution in [3.8, 4) is 0 Å². The Labute approximate surface area is 242 Å². The summed E-state index contributed by atoms with van der Waals surface area (Å²) < 4.78 is 5.91. The number of allylic oxidation sites excluding steroid dienone is 6. The van der Waals surface area contributed by atoms with Crippen molar-refractivity contribution >= 4 is 40.4 Å². The van der Waals surface area contributed by atoms with Crippen molar-refractivity contribution in [2.75, 3.05) is 10.2 Å². The fourth-order valence-corrected chi connectivity index (χ4v) is 6.98. The van der Waals surface area contributed by atoms with Crippen molar-refractivity contribution < 1.29 is 28.7 Å². The van der Waals surface area contributed by atoms with E-state index in [0.29, 0.717) is 40.3 Å². The summed E-state index contributed by atoms with van der Waals surface area (Å²) in [4.78, 5) is 55.7. The Kier molecular flexibility index (Phi) is 6.17. The maximum absolute atomic E-state index is 14.1. The topological polar surface area (TPSA) is 117 Å². The monoisotopic (exact) mass is 560 g/mol. The van der Waals surface area contributed by atoms with Gasteiger partial charge in [0.15, 0.2) is 11.6 Å². The molecule has 2 N–H and O–H groups in total. The van der Waals surface area contributed by atoms with E-state index in [1.54, 1.807) is 31.2 Å². The predicted molar refractivity (Wildman–Crippen MR) is 155 cm³/mol. The Morgan fingerprint density at radius 3 is 2.36 bits per heavy atom. The fraction of sp³-hybridized carbons (Fsp3) is 0.235. The average Bonchev–Trinajstić information content (AvgIpc) is 3.58. The third-order valence-corrected chi connectivity index (χ3v) is 8.87. The number of amides is 2. The maximum Gasteiger partial charge on any atom is 0.238 e. The van der Waals surface area contributed by atoms with Crippen LogP contribution in [0, 0.1) is 17.8 Å². The van der Waals surface area contributed by atoms with Gasteiger partial charge in [-0.2, -0.15) is 0 Å². The number of ketones is 2. The number of aliphatic hydroxyl groups is 1. The second-order valence-corrected chi connectivity index (χ2v) is 11.2. The Balaban J connectivity index is 1.24. The van der Waals surface area contributed by atoms with E-state index in [0.717, 1.165) is 16.9 Å². The number of hydrogen-bond donors (Lipinski definition) is 2. The zero-order valence-corrected chi connectivity index (χ0v) is 22.9. The molecule has 0 spiro atoms. The van der Waals surface area contributed by atoms with E-state index in [-0.39, 0.29) is 36.4 Å². The lowest BCUT2D eigenvalue weighted by Crippen LogP contribution is -2.39. The van der Waals surface area contributed by atoms with E-state index in [1.807, 2.05) is 48.5 Å². The van der Waals surface area contributed by atoms with Crippen LogP contribution in [0.15, 0.2) is 106 Å². The van der Waals surface area contributed by atoms with Crippen LogP contribution in [0.5, 0.6) is 0 Å². The van der Waals surface area contributed by atoms with Crippen molar-refractivity contribution in [3.63, 3.8) is 0 Å². The molecule has 2 aromatic carbocycles. The van der Waals surface area contributed by atoms with Crippen molar-refractivity contribution in [2.45, 2.75) is 32.3 Å². The van der Waals surface area contributed by atoms with Gasteiger partial charge in [0.25, 0.3) is 0 Å². The number of rotatable bonds is 5. The number of Topliss-reactive ketones (excluding diaryl/α,β-unsaturated/α-hetero) is 1.